The van der Waals surface area contributed by atoms with Crippen molar-refractivity contribution in [1.29, 1.82) is 5.26 Å². The van der Waals surface area contributed by atoms with Crippen LogP contribution in [0.15, 0.2) is 0 Å². The third-order valence-corrected chi connectivity index (χ3v) is 1.93. The maximum atomic E-state index is 8.57. The van der Waals surface area contributed by atoms with E-state index in [4.69, 9.17) is 5.26 Å². The van der Waals surface area contributed by atoms with E-state index in [9.17, 15) is 0 Å². The van der Waals surface area contributed by atoms with Crippen LogP contribution in [0.5, 0.6) is 0 Å². The van der Waals surface area contributed by atoms with Crippen molar-refractivity contribution in [2.24, 2.45) is 5.92 Å². The zero-order valence-corrected chi connectivity index (χ0v) is 6.95. The summed E-state index contributed by atoms with van der Waals surface area (Å²) in [5.74, 6) is 0.249. The molecule has 1 saturated heterocycles. The summed E-state index contributed by atoms with van der Waals surface area (Å²) < 4.78 is 0. The van der Waals surface area contributed by atoms with E-state index in [2.05, 4.69) is 18.3 Å². The molecule has 2 nitrogen and oxygen atoms in total. The highest BCUT2D eigenvalue weighted by Crippen LogP contribution is 2.13. The molecule has 1 aliphatic rings. The van der Waals surface area contributed by atoms with E-state index >= 15 is 0 Å². The molecular formula is C7H13ClN2. The van der Waals surface area contributed by atoms with Gasteiger partial charge in [0, 0.05) is 6.04 Å². The van der Waals surface area contributed by atoms with Gasteiger partial charge in [-0.05, 0) is 26.3 Å². The molecule has 1 heterocycles. The van der Waals surface area contributed by atoms with Crippen molar-refractivity contribution in [1.82, 2.24) is 5.32 Å². The number of nitrogens with one attached hydrogen (secondary N) is 1. The van der Waals surface area contributed by atoms with Crippen LogP contribution in [-0.4, -0.2) is 12.6 Å². The van der Waals surface area contributed by atoms with Gasteiger partial charge in [-0.15, -0.1) is 12.4 Å². The van der Waals surface area contributed by atoms with Gasteiger partial charge in [0.2, 0.25) is 0 Å². The molecular weight excluding hydrogens is 148 g/mol. The number of halogens is 1. The first-order valence-electron chi connectivity index (χ1n) is 3.47. The predicted molar refractivity (Wildman–Crippen MR) is 43.0 cm³/mol. The second-order valence-electron chi connectivity index (χ2n) is 2.62. The molecule has 2 atom stereocenters. The van der Waals surface area contributed by atoms with Gasteiger partial charge in [0.15, 0.2) is 0 Å². The first kappa shape index (κ1) is 9.74. The lowest BCUT2D eigenvalue weighted by atomic mass is 9.94. The van der Waals surface area contributed by atoms with Gasteiger partial charge in [0.1, 0.15) is 0 Å². The second kappa shape index (κ2) is 4.54. The summed E-state index contributed by atoms with van der Waals surface area (Å²) in [5, 5.41) is 11.8. The topological polar surface area (TPSA) is 35.8 Å². The van der Waals surface area contributed by atoms with Gasteiger partial charge in [-0.25, -0.2) is 0 Å². The summed E-state index contributed by atoms with van der Waals surface area (Å²) >= 11 is 0. The van der Waals surface area contributed by atoms with Gasteiger partial charge >= 0.3 is 0 Å². The zero-order chi connectivity index (χ0) is 6.69. The van der Waals surface area contributed by atoms with Gasteiger partial charge in [0.05, 0.1) is 12.0 Å². The summed E-state index contributed by atoms with van der Waals surface area (Å²) in [5.41, 5.74) is 0. The van der Waals surface area contributed by atoms with Crippen LogP contribution >= 0.6 is 12.4 Å². The molecule has 1 fully saturated rings. The van der Waals surface area contributed by atoms with Gasteiger partial charge in [0.25, 0.3) is 0 Å². The fourth-order valence-corrected chi connectivity index (χ4v) is 1.22. The smallest absolute Gasteiger partial charge is 0.0672 e. The number of nitriles is 1. The Hall–Kier alpha value is -0.260. The Morgan fingerprint density at radius 2 is 2.30 bits per heavy atom. The molecule has 1 aliphatic heterocycles. The number of nitrogens with zero attached hydrogens (tertiary/aromatic N) is 1. The van der Waals surface area contributed by atoms with Crippen LogP contribution in [-0.2, 0) is 0 Å². The minimum Gasteiger partial charge on any atom is -0.313 e. The SMILES string of the molecule is CC1NCCCC1C#N.Cl. The number of hydrogen-bond donors (Lipinski definition) is 1. The lowest BCUT2D eigenvalue weighted by molar-refractivity contribution is 0.355. The number of piperidine rings is 1. The molecule has 0 aromatic heterocycles. The molecule has 10 heavy (non-hydrogen) atoms. The first-order chi connectivity index (χ1) is 4.34. The lowest BCUT2D eigenvalue weighted by Crippen LogP contribution is -2.38. The Labute approximate surface area is 68.0 Å². The van der Waals surface area contributed by atoms with Crippen molar-refractivity contribution in [2.45, 2.75) is 25.8 Å². The molecule has 0 radical (unpaired) electrons. The van der Waals surface area contributed by atoms with Crippen molar-refractivity contribution in [3.05, 3.63) is 0 Å². The summed E-state index contributed by atoms with van der Waals surface area (Å²) in [6.07, 6.45) is 2.23. The average molecular weight is 161 g/mol. The van der Waals surface area contributed by atoms with Crippen LogP contribution in [0.25, 0.3) is 0 Å². The molecule has 0 aromatic rings. The monoisotopic (exact) mass is 160 g/mol. The van der Waals surface area contributed by atoms with Crippen LogP contribution in [0.2, 0.25) is 0 Å². The Balaban J connectivity index is 0.000000810. The van der Waals surface area contributed by atoms with Crippen LogP contribution in [0.1, 0.15) is 19.8 Å². The van der Waals surface area contributed by atoms with Gasteiger partial charge in [-0.3, -0.25) is 0 Å². The molecule has 58 valence electrons. The fourth-order valence-electron chi connectivity index (χ4n) is 1.22. The van der Waals surface area contributed by atoms with E-state index in [-0.39, 0.29) is 18.3 Å². The third-order valence-electron chi connectivity index (χ3n) is 1.93. The standard InChI is InChI=1S/C7H12N2.ClH/c1-6-7(5-8)3-2-4-9-6;/h6-7,9H,2-4H2,1H3;1H. The first-order valence-corrected chi connectivity index (χ1v) is 3.47. The maximum Gasteiger partial charge on any atom is 0.0672 e. The van der Waals surface area contributed by atoms with Crippen molar-refractivity contribution < 1.29 is 0 Å². The molecule has 0 aliphatic carbocycles. The van der Waals surface area contributed by atoms with Crippen LogP contribution in [0, 0.1) is 17.2 Å². The van der Waals surface area contributed by atoms with Crippen molar-refractivity contribution >= 4 is 12.4 Å². The van der Waals surface area contributed by atoms with Gasteiger partial charge in [-0.2, -0.15) is 5.26 Å². The van der Waals surface area contributed by atoms with E-state index in [1.54, 1.807) is 0 Å². The van der Waals surface area contributed by atoms with Gasteiger partial charge < -0.3 is 5.32 Å². The molecule has 3 heteroatoms. The molecule has 0 amide bonds. The van der Waals surface area contributed by atoms with E-state index in [0.717, 1.165) is 19.4 Å². The second-order valence-corrected chi connectivity index (χ2v) is 2.62. The van der Waals surface area contributed by atoms with E-state index in [1.807, 2.05) is 0 Å². The maximum absolute atomic E-state index is 8.57. The van der Waals surface area contributed by atoms with E-state index < -0.39 is 0 Å². The molecule has 0 spiro atoms. The summed E-state index contributed by atoms with van der Waals surface area (Å²) in [4.78, 5) is 0. The highest BCUT2D eigenvalue weighted by molar-refractivity contribution is 5.85. The Morgan fingerprint density at radius 3 is 2.70 bits per heavy atom. The predicted octanol–water partition coefficient (Wildman–Crippen LogP) is 1.32. The number of rotatable bonds is 0. The Morgan fingerprint density at radius 1 is 1.60 bits per heavy atom. The Bertz CT molecular complexity index is 130. The normalized spacial score (nSPS) is 32.0. The van der Waals surface area contributed by atoms with Crippen molar-refractivity contribution in [3.63, 3.8) is 0 Å². The molecule has 1 N–H and O–H groups in total. The van der Waals surface area contributed by atoms with Crippen molar-refractivity contribution in [2.75, 3.05) is 6.54 Å². The largest absolute Gasteiger partial charge is 0.313 e. The molecule has 0 bridgehead atoms. The highest BCUT2D eigenvalue weighted by atomic mass is 35.5. The minimum absolute atomic E-state index is 0. The van der Waals surface area contributed by atoms with E-state index in [0.29, 0.717) is 6.04 Å². The summed E-state index contributed by atoms with van der Waals surface area (Å²) in [7, 11) is 0. The average Bonchev–Trinajstić information content (AvgIpc) is 1.89. The molecule has 2 unspecified atom stereocenters. The lowest BCUT2D eigenvalue weighted by Gasteiger charge is -2.24. The summed E-state index contributed by atoms with van der Waals surface area (Å²) in [6.45, 7) is 3.16. The molecule has 0 saturated carbocycles. The minimum atomic E-state index is 0. The van der Waals surface area contributed by atoms with Crippen LogP contribution in [0.4, 0.5) is 0 Å². The van der Waals surface area contributed by atoms with Crippen LogP contribution in [0.3, 0.4) is 0 Å². The highest BCUT2D eigenvalue weighted by Gasteiger charge is 2.19. The van der Waals surface area contributed by atoms with Gasteiger partial charge in [-0.1, -0.05) is 0 Å². The molecule has 1 rings (SSSR count). The van der Waals surface area contributed by atoms with Crippen molar-refractivity contribution in [3.8, 4) is 6.07 Å². The Kier molecular flexibility index (Phi) is 4.42. The van der Waals surface area contributed by atoms with Crippen LogP contribution < -0.4 is 5.32 Å². The zero-order valence-electron chi connectivity index (χ0n) is 6.13. The quantitative estimate of drug-likeness (QED) is 0.580. The summed E-state index contributed by atoms with van der Waals surface area (Å²) in [6, 6.07) is 2.70. The van der Waals surface area contributed by atoms with E-state index in [1.165, 1.54) is 0 Å². The number of hydrogen-bond acceptors (Lipinski definition) is 2. The molecule has 0 aromatic carbocycles. The third kappa shape index (κ3) is 2.17. The fraction of sp³-hybridized carbons (Fsp3) is 0.857.